The van der Waals surface area contributed by atoms with Crippen molar-refractivity contribution < 1.29 is 4.39 Å². The number of hydrogen-bond acceptors (Lipinski definition) is 2. The largest absolute Gasteiger partial charge is 0.399 e. The Morgan fingerprint density at radius 2 is 1.86 bits per heavy atom. The van der Waals surface area contributed by atoms with Crippen molar-refractivity contribution in [3.05, 3.63) is 59.4 Å². The van der Waals surface area contributed by atoms with Crippen LogP contribution in [0.3, 0.4) is 0 Å². The minimum absolute atomic E-state index is 0.0134. The van der Waals surface area contributed by atoms with Crippen molar-refractivity contribution in [1.29, 1.82) is 0 Å². The van der Waals surface area contributed by atoms with Crippen LogP contribution in [0.15, 0.2) is 42.5 Å². The highest BCUT2D eigenvalue weighted by molar-refractivity contribution is 7.80. The van der Waals surface area contributed by atoms with E-state index in [-0.39, 0.29) is 11.9 Å². The maximum Gasteiger partial charge on any atom is 0.171 e. The molecule has 0 aliphatic rings. The van der Waals surface area contributed by atoms with Gasteiger partial charge in [-0.25, -0.2) is 4.39 Å². The Morgan fingerprint density at radius 1 is 1.19 bits per heavy atom. The van der Waals surface area contributed by atoms with E-state index in [1.807, 2.05) is 32.0 Å². The molecule has 1 unspecified atom stereocenters. The molecule has 0 aliphatic heterocycles. The SMILES string of the molecule is Cc1cc(NC(=S)NC(C)c2ccc(F)cc2)ccc1N. The summed E-state index contributed by atoms with van der Waals surface area (Å²) >= 11 is 5.29. The van der Waals surface area contributed by atoms with Gasteiger partial charge in [0.05, 0.1) is 6.04 Å². The number of hydrogen-bond donors (Lipinski definition) is 3. The summed E-state index contributed by atoms with van der Waals surface area (Å²) in [5.41, 5.74) is 9.37. The molecule has 2 aromatic carbocycles. The third-order valence-corrected chi connectivity index (χ3v) is 3.47. The van der Waals surface area contributed by atoms with E-state index in [1.165, 1.54) is 12.1 Å². The predicted molar refractivity (Wildman–Crippen MR) is 89.8 cm³/mol. The zero-order chi connectivity index (χ0) is 15.4. The van der Waals surface area contributed by atoms with Gasteiger partial charge in [-0.05, 0) is 67.5 Å². The van der Waals surface area contributed by atoms with Gasteiger partial charge in [-0.15, -0.1) is 0 Å². The summed E-state index contributed by atoms with van der Waals surface area (Å²) in [6, 6.07) is 12.0. The molecule has 0 saturated heterocycles. The molecule has 0 heterocycles. The molecule has 21 heavy (non-hydrogen) atoms. The van der Waals surface area contributed by atoms with Crippen molar-refractivity contribution in [1.82, 2.24) is 5.32 Å². The summed E-state index contributed by atoms with van der Waals surface area (Å²) in [6.45, 7) is 3.91. The van der Waals surface area contributed by atoms with Gasteiger partial charge in [0.25, 0.3) is 0 Å². The molecule has 0 bridgehead atoms. The molecule has 0 fully saturated rings. The molecule has 0 aliphatic carbocycles. The van der Waals surface area contributed by atoms with Crippen LogP contribution in [0.4, 0.5) is 15.8 Å². The maximum atomic E-state index is 12.9. The van der Waals surface area contributed by atoms with Crippen LogP contribution in [0, 0.1) is 12.7 Å². The fraction of sp³-hybridized carbons (Fsp3) is 0.188. The maximum absolute atomic E-state index is 12.9. The molecular formula is C16H18FN3S. The van der Waals surface area contributed by atoms with Gasteiger partial charge in [-0.3, -0.25) is 0 Å². The van der Waals surface area contributed by atoms with Crippen molar-refractivity contribution in [2.24, 2.45) is 0 Å². The molecule has 1 atom stereocenters. The second-order valence-electron chi connectivity index (χ2n) is 4.94. The lowest BCUT2D eigenvalue weighted by Gasteiger charge is -2.17. The van der Waals surface area contributed by atoms with Gasteiger partial charge in [0, 0.05) is 11.4 Å². The molecule has 0 amide bonds. The van der Waals surface area contributed by atoms with E-state index in [0.717, 1.165) is 22.5 Å². The topological polar surface area (TPSA) is 50.1 Å². The summed E-state index contributed by atoms with van der Waals surface area (Å²) in [6.07, 6.45) is 0. The standard InChI is InChI=1S/C16H18FN3S/c1-10-9-14(7-8-15(10)18)20-16(21)19-11(2)12-3-5-13(17)6-4-12/h3-9,11H,18H2,1-2H3,(H2,19,20,21). The van der Waals surface area contributed by atoms with Crippen LogP contribution < -0.4 is 16.4 Å². The number of halogens is 1. The molecule has 2 aromatic rings. The number of rotatable bonds is 3. The monoisotopic (exact) mass is 303 g/mol. The second-order valence-corrected chi connectivity index (χ2v) is 5.35. The van der Waals surface area contributed by atoms with Crippen molar-refractivity contribution in [3.8, 4) is 0 Å². The van der Waals surface area contributed by atoms with Crippen LogP contribution in [0.1, 0.15) is 24.1 Å². The van der Waals surface area contributed by atoms with Gasteiger partial charge in [0.15, 0.2) is 5.11 Å². The number of thiocarbonyl (C=S) groups is 1. The number of nitrogens with one attached hydrogen (secondary N) is 2. The van der Waals surface area contributed by atoms with Crippen LogP contribution in [-0.4, -0.2) is 5.11 Å². The average Bonchev–Trinajstić information content (AvgIpc) is 2.43. The molecule has 3 nitrogen and oxygen atoms in total. The first-order chi connectivity index (χ1) is 9.95. The Bertz CT molecular complexity index is 640. The van der Waals surface area contributed by atoms with Crippen molar-refractivity contribution >= 4 is 28.7 Å². The smallest absolute Gasteiger partial charge is 0.171 e. The van der Waals surface area contributed by atoms with Gasteiger partial charge >= 0.3 is 0 Å². The van der Waals surface area contributed by atoms with Crippen LogP contribution >= 0.6 is 12.2 Å². The Labute approximate surface area is 129 Å². The van der Waals surface area contributed by atoms with Crippen LogP contribution in [0.25, 0.3) is 0 Å². The van der Waals surface area contributed by atoms with Gasteiger partial charge < -0.3 is 16.4 Å². The summed E-state index contributed by atoms with van der Waals surface area (Å²) in [7, 11) is 0. The first kappa shape index (κ1) is 15.3. The Morgan fingerprint density at radius 3 is 2.48 bits per heavy atom. The number of aryl methyl sites for hydroxylation is 1. The lowest BCUT2D eigenvalue weighted by molar-refractivity contribution is 0.624. The quantitative estimate of drug-likeness (QED) is 0.597. The zero-order valence-corrected chi connectivity index (χ0v) is 12.8. The van der Waals surface area contributed by atoms with Crippen molar-refractivity contribution in [2.45, 2.75) is 19.9 Å². The van der Waals surface area contributed by atoms with Gasteiger partial charge in [-0.1, -0.05) is 12.1 Å². The second kappa shape index (κ2) is 6.54. The third-order valence-electron chi connectivity index (χ3n) is 3.25. The fourth-order valence-electron chi connectivity index (χ4n) is 1.95. The number of anilines is 2. The van der Waals surface area contributed by atoms with Crippen molar-refractivity contribution in [2.75, 3.05) is 11.1 Å². The summed E-state index contributed by atoms with van der Waals surface area (Å²) in [4.78, 5) is 0. The van der Waals surface area contributed by atoms with E-state index < -0.39 is 0 Å². The summed E-state index contributed by atoms with van der Waals surface area (Å²) in [5, 5.41) is 6.79. The molecule has 110 valence electrons. The van der Waals surface area contributed by atoms with Crippen LogP contribution in [0.2, 0.25) is 0 Å². The molecule has 0 saturated carbocycles. The molecule has 4 N–H and O–H groups in total. The first-order valence-corrected chi connectivity index (χ1v) is 7.05. The minimum Gasteiger partial charge on any atom is -0.399 e. The van der Waals surface area contributed by atoms with E-state index in [1.54, 1.807) is 12.1 Å². The highest BCUT2D eigenvalue weighted by atomic mass is 32.1. The number of nitrogens with two attached hydrogens (primary N) is 1. The zero-order valence-electron chi connectivity index (χ0n) is 12.0. The molecule has 0 aromatic heterocycles. The van der Waals surface area contributed by atoms with E-state index in [4.69, 9.17) is 18.0 Å². The molecule has 0 radical (unpaired) electrons. The van der Waals surface area contributed by atoms with Crippen LogP contribution in [-0.2, 0) is 0 Å². The fourth-order valence-corrected chi connectivity index (χ4v) is 2.25. The Kier molecular flexibility index (Phi) is 4.75. The van der Waals surface area contributed by atoms with E-state index in [0.29, 0.717) is 5.11 Å². The van der Waals surface area contributed by atoms with E-state index in [9.17, 15) is 4.39 Å². The summed E-state index contributed by atoms with van der Waals surface area (Å²) < 4.78 is 12.9. The summed E-state index contributed by atoms with van der Waals surface area (Å²) in [5.74, 6) is -0.246. The molecule has 2 rings (SSSR count). The highest BCUT2D eigenvalue weighted by Gasteiger charge is 2.07. The van der Waals surface area contributed by atoms with E-state index >= 15 is 0 Å². The Hall–Kier alpha value is -2.14. The van der Waals surface area contributed by atoms with E-state index in [2.05, 4.69) is 10.6 Å². The molecule has 5 heteroatoms. The molecule has 0 spiro atoms. The first-order valence-electron chi connectivity index (χ1n) is 6.65. The predicted octanol–water partition coefficient (Wildman–Crippen LogP) is 3.76. The van der Waals surface area contributed by atoms with Gasteiger partial charge in [0.2, 0.25) is 0 Å². The van der Waals surface area contributed by atoms with Gasteiger partial charge in [0.1, 0.15) is 5.82 Å². The average molecular weight is 303 g/mol. The number of nitrogen functional groups attached to an aromatic ring is 1. The lowest BCUT2D eigenvalue weighted by Crippen LogP contribution is -2.30. The van der Waals surface area contributed by atoms with Crippen molar-refractivity contribution in [3.63, 3.8) is 0 Å². The normalized spacial score (nSPS) is 11.8. The lowest BCUT2D eigenvalue weighted by atomic mass is 10.1. The number of benzene rings is 2. The Balaban J connectivity index is 1.97. The third kappa shape index (κ3) is 4.16. The van der Waals surface area contributed by atoms with Gasteiger partial charge in [-0.2, -0.15) is 0 Å². The molecular weight excluding hydrogens is 285 g/mol. The highest BCUT2D eigenvalue weighted by Crippen LogP contribution is 2.17. The van der Waals surface area contributed by atoms with Crippen LogP contribution in [0.5, 0.6) is 0 Å². The minimum atomic E-state index is -0.246.